The molecule has 2 aromatic heterocycles. The molecule has 10 heteroatoms. The van der Waals surface area contributed by atoms with Gasteiger partial charge in [-0.05, 0) is 83.8 Å². The molecule has 264 valence electrons. The van der Waals surface area contributed by atoms with E-state index in [0.29, 0.717) is 51.5 Å². The highest BCUT2D eigenvalue weighted by molar-refractivity contribution is 5.84. The zero-order chi connectivity index (χ0) is 35.7. The summed E-state index contributed by atoms with van der Waals surface area (Å²) in [5.74, 6) is 2.48. The molecule has 0 aliphatic carbocycles. The number of aromatic nitrogens is 4. The van der Waals surface area contributed by atoms with E-state index in [2.05, 4.69) is 33.8 Å². The Hall–Kier alpha value is -6.36. The van der Waals surface area contributed by atoms with E-state index in [9.17, 15) is 0 Å². The first-order chi connectivity index (χ1) is 26.2. The van der Waals surface area contributed by atoms with E-state index in [1.807, 2.05) is 109 Å². The first-order valence-corrected chi connectivity index (χ1v) is 17.6. The number of fused-ring (bicyclic) bond motifs is 14. The Balaban J connectivity index is 1.19. The average molecular weight is 703 g/mol. The molecule has 4 heterocycles. The van der Waals surface area contributed by atoms with Gasteiger partial charge in [0.2, 0.25) is 11.9 Å². The van der Waals surface area contributed by atoms with Crippen LogP contribution in [0, 0.1) is 0 Å². The van der Waals surface area contributed by atoms with E-state index in [-0.39, 0.29) is 0 Å². The predicted molar refractivity (Wildman–Crippen MR) is 207 cm³/mol. The van der Waals surface area contributed by atoms with Gasteiger partial charge in [0.15, 0.2) is 0 Å². The van der Waals surface area contributed by atoms with Crippen LogP contribution in [0.25, 0.3) is 33.6 Å². The lowest BCUT2D eigenvalue weighted by molar-refractivity contribution is 0.148. The van der Waals surface area contributed by atoms with Crippen LogP contribution in [0.15, 0.2) is 134 Å². The molecule has 0 spiro atoms. The molecule has 6 aromatic rings. The van der Waals surface area contributed by atoms with E-state index in [0.717, 1.165) is 74.1 Å². The van der Waals surface area contributed by atoms with E-state index in [1.165, 1.54) is 0 Å². The third-order valence-electron chi connectivity index (χ3n) is 8.70. The average Bonchev–Trinajstić information content (AvgIpc) is 3.19. The largest absolute Gasteiger partial charge is 0.493 e. The lowest BCUT2D eigenvalue weighted by Crippen LogP contribution is -2.04. The summed E-state index contributed by atoms with van der Waals surface area (Å²) >= 11 is 0. The molecule has 2 N–H and O–H groups in total. The molecule has 0 amide bonds. The van der Waals surface area contributed by atoms with Crippen LogP contribution in [0.1, 0.15) is 17.5 Å². The zero-order valence-corrected chi connectivity index (χ0v) is 29.1. The van der Waals surface area contributed by atoms with Gasteiger partial charge in [0.05, 0.1) is 44.4 Å². The number of hydrogen-bond acceptors (Lipinski definition) is 10. The van der Waals surface area contributed by atoms with Gasteiger partial charge in [-0.2, -0.15) is 0 Å². The van der Waals surface area contributed by atoms with Crippen molar-refractivity contribution in [2.24, 2.45) is 0 Å². The lowest BCUT2D eigenvalue weighted by atomic mass is 9.96. The summed E-state index contributed by atoms with van der Waals surface area (Å²) in [4.78, 5) is 19.3. The van der Waals surface area contributed by atoms with E-state index in [1.54, 1.807) is 6.20 Å². The molecule has 0 saturated heterocycles. The standard InChI is InChI=1S/C43H38N6O4/c1-2-19-51-29-33-24-35(47-42-44-18-17-40(48-42)31-10-7-13-36(25-31)52-21-3-1)15-16-38(33)39-27-45-43-46-34-12-6-9-30(23-34)28-50-20-4-5-22-53-37-14-8-11-32(26-37)41(39)49-43/h1-2,4-18,23-27H,3,19-22,28-29H2,(H,44,47,48)(H,45,46,49)/b2-1+,5-4+. The smallest absolute Gasteiger partial charge is 0.227 e. The first kappa shape index (κ1) is 33.8. The second-order valence-corrected chi connectivity index (χ2v) is 12.5. The van der Waals surface area contributed by atoms with Crippen molar-refractivity contribution in [3.63, 3.8) is 0 Å². The molecule has 0 fully saturated rings. The molecule has 10 nitrogen and oxygen atoms in total. The highest BCUT2D eigenvalue weighted by atomic mass is 16.5. The molecule has 12 bridgehead atoms. The van der Waals surface area contributed by atoms with Gasteiger partial charge < -0.3 is 29.6 Å². The summed E-state index contributed by atoms with van der Waals surface area (Å²) in [5, 5.41) is 6.81. The molecule has 0 saturated carbocycles. The van der Waals surface area contributed by atoms with Crippen molar-refractivity contribution in [1.29, 1.82) is 0 Å². The van der Waals surface area contributed by atoms with E-state index < -0.39 is 0 Å². The van der Waals surface area contributed by atoms with Crippen molar-refractivity contribution in [3.05, 3.63) is 145 Å². The fourth-order valence-electron chi connectivity index (χ4n) is 6.16. The van der Waals surface area contributed by atoms with Gasteiger partial charge >= 0.3 is 0 Å². The summed E-state index contributed by atoms with van der Waals surface area (Å²) < 4.78 is 24.2. The Morgan fingerprint density at radius 3 is 2.25 bits per heavy atom. The van der Waals surface area contributed by atoms with E-state index in [4.69, 9.17) is 33.9 Å². The van der Waals surface area contributed by atoms with Gasteiger partial charge in [0, 0.05) is 40.5 Å². The van der Waals surface area contributed by atoms with Crippen LogP contribution in [-0.2, 0) is 22.7 Å². The fraction of sp³-hybridized carbons (Fsp3) is 0.163. The van der Waals surface area contributed by atoms with Crippen LogP contribution in [0.4, 0.5) is 23.3 Å². The van der Waals surface area contributed by atoms with Gasteiger partial charge in [-0.1, -0.05) is 60.7 Å². The number of nitrogens with zero attached hydrogens (tertiary/aromatic N) is 4. The van der Waals surface area contributed by atoms with Gasteiger partial charge in [-0.15, -0.1) is 0 Å². The van der Waals surface area contributed by atoms with Crippen LogP contribution in [0.2, 0.25) is 0 Å². The number of ether oxygens (including phenoxy) is 4. The molecule has 0 unspecified atom stereocenters. The van der Waals surface area contributed by atoms with Gasteiger partial charge in [0.1, 0.15) is 18.1 Å². The van der Waals surface area contributed by atoms with Crippen LogP contribution >= 0.6 is 0 Å². The van der Waals surface area contributed by atoms with Crippen molar-refractivity contribution < 1.29 is 18.9 Å². The summed E-state index contributed by atoms with van der Waals surface area (Å²) in [6.45, 7) is 2.75. The van der Waals surface area contributed by atoms with Crippen molar-refractivity contribution in [3.8, 4) is 45.1 Å². The molecule has 2 aliphatic rings. The Morgan fingerprint density at radius 1 is 0.566 bits per heavy atom. The first-order valence-electron chi connectivity index (χ1n) is 17.6. The summed E-state index contributed by atoms with van der Waals surface area (Å²) in [5.41, 5.74) is 8.87. The fourth-order valence-corrected chi connectivity index (χ4v) is 6.16. The van der Waals surface area contributed by atoms with Crippen molar-refractivity contribution in [2.75, 3.05) is 37.1 Å². The second-order valence-electron chi connectivity index (χ2n) is 12.5. The summed E-state index contributed by atoms with van der Waals surface area (Å²) in [7, 11) is 0. The molecule has 0 radical (unpaired) electrons. The van der Waals surface area contributed by atoms with Crippen LogP contribution in [-0.4, -0.2) is 46.4 Å². The maximum atomic E-state index is 6.23. The third kappa shape index (κ3) is 8.58. The van der Waals surface area contributed by atoms with Crippen molar-refractivity contribution in [2.45, 2.75) is 19.6 Å². The monoisotopic (exact) mass is 702 g/mol. The Bertz CT molecular complexity index is 2270. The van der Waals surface area contributed by atoms with Crippen molar-refractivity contribution in [1.82, 2.24) is 19.9 Å². The molecule has 53 heavy (non-hydrogen) atoms. The number of hydrogen-bond donors (Lipinski definition) is 2. The molecule has 8 rings (SSSR count). The highest BCUT2D eigenvalue weighted by Gasteiger charge is 2.17. The maximum absolute atomic E-state index is 6.23. The Kier molecular flexibility index (Phi) is 10.4. The van der Waals surface area contributed by atoms with Crippen LogP contribution in [0.5, 0.6) is 11.5 Å². The molecular formula is C43H38N6O4. The summed E-state index contributed by atoms with van der Waals surface area (Å²) in [6, 6.07) is 32.0. The number of nitrogens with one attached hydrogen (secondary N) is 2. The number of benzene rings is 4. The molecule has 0 atom stereocenters. The quantitative estimate of drug-likeness (QED) is 0.161. The summed E-state index contributed by atoms with van der Waals surface area (Å²) in [6.07, 6.45) is 12.4. The van der Waals surface area contributed by atoms with Crippen molar-refractivity contribution >= 4 is 23.3 Å². The number of rotatable bonds is 1. The Labute approximate surface area is 308 Å². The normalized spacial score (nSPS) is 15.8. The SMILES string of the molecule is C1=C/COCc2cc(ccc2-c2cnc3nc2-c2cccc(c2)OC/C=C/COCc2cccc(c2)N3)Nc2nccc(n2)-c2cccc(c2)OCC/1. The Morgan fingerprint density at radius 2 is 1.32 bits per heavy atom. The van der Waals surface area contributed by atoms with Crippen LogP contribution in [0.3, 0.4) is 0 Å². The molecule has 2 aliphatic heterocycles. The zero-order valence-electron chi connectivity index (χ0n) is 29.1. The van der Waals surface area contributed by atoms with Gasteiger partial charge in [-0.25, -0.2) is 19.9 Å². The third-order valence-corrected chi connectivity index (χ3v) is 8.70. The minimum atomic E-state index is 0.348. The topological polar surface area (TPSA) is 113 Å². The predicted octanol–water partition coefficient (Wildman–Crippen LogP) is 9.08. The minimum absolute atomic E-state index is 0.348. The lowest BCUT2D eigenvalue weighted by Gasteiger charge is -2.17. The molecule has 4 aromatic carbocycles. The van der Waals surface area contributed by atoms with Crippen LogP contribution < -0.4 is 20.1 Å². The number of anilines is 4. The van der Waals surface area contributed by atoms with Gasteiger partial charge in [0.25, 0.3) is 0 Å². The maximum Gasteiger partial charge on any atom is 0.227 e. The van der Waals surface area contributed by atoms with E-state index >= 15 is 0 Å². The minimum Gasteiger partial charge on any atom is -0.493 e. The highest BCUT2D eigenvalue weighted by Crippen LogP contribution is 2.37. The second kappa shape index (κ2) is 16.3. The molecular weight excluding hydrogens is 665 g/mol. The van der Waals surface area contributed by atoms with Gasteiger partial charge in [-0.3, -0.25) is 0 Å².